The molecule has 0 spiro atoms. The molecule has 0 amide bonds. The number of fused-ring (bicyclic) bond motifs is 2. The van der Waals surface area contributed by atoms with Crippen molar-refractivity contribution in [3.05, 3.63) is 77.1 Å². The van der Waals surface area contributed by atoms with Crippen LogP contribution in [0.25, 0.3) is 11.4 Å². The largest absolute Gasteiger partial charge is 0.449 e. The number of benzene rings is 2. The summed E-state index contributed by atoms with van der Waals surface area (Å²) in [5.74, 6) is -0.212. The summed E-state index contributed by atoms with van der Waals surface area (Å²) in [5, 5.41) is 0. The minimum Gasteiger partial charge on any atom is -0.449 e. The fraction of sp³-hybridized carbons (Fsp3) is 0.100. The Morgan fingerprint density at radius 3 is 2.35 bits per heavy atom. The summed E-state index contributed by atoms with van der Waals surface area (Å²) in [4.78, 5) is 42.3. The van der Waals surface area contributed by atoms with Crippen LogP contribution in [0.5, 0.6) is 0 Å². The van der Waals surface area contributed by atoms with Crippen molar-refractivity contribution in [1.29, 1.82) is 0 Å². The third-order valence-corrected chi connectivity index (χ3v) is 4.30. The second-order valence-electron chi connectivity index (χ2n) is 5.75. The van der Waals surface area contributed by atoms with Crippen molar-refractivity contribution >= 4 is 17.7 Å². The van der Waals surface area contributed by atoms with Crippen LogP contribution >= 0.6 is 0 Å². The maximum atomic E-state index is 13.1. The minimum atomic E-state index is -0.590. The van der Waals surface area contributed by atoms with Gasteiger partial charge in [0.25, 0.3) is 0 Å². The Bertz CT molecular complexity index is 1070. The van der Waals surface area contributed by atoms with Gasteiger partial charge in [-0.25, -0.2) is 14.3 Å². The van der Waals surface area contributed by atoms with Gasteiger partial charge in [-0.2, -0.15) is 0 Å². The number of ether oxygens (including phenoxy) is 1. The second kappa shape index (κ2) is 6.07. The molecule has 4 rings (SSSR count). The van der Waals surface area contributed by atoms with Crippen LogP contribution in [-0.2, 0) is 4.74 Å². The molecule has 3 aromatic rings. The molecule has 0 saturated heterocycles. The molecular formula is C20H14N2O4. The first-order valence-corrected chi connectivity index (χ1v) is 8.15. The van der Waals surface area contributed by atoms with Crippen LogP contribution in [0.1, 0.15) is 38.8 Å². The zero-order valence-corrected chi connectivity index (χ0v) is 13.9. The Hall–Kier alpha value is -3.54. The average Bonchev–Trinajstić information content (AvgIpc) is 3.15. The smallest absolute Gasteiger partial charge is 0.419 e. The van der Waals surface area contributed by atoms with Crippen molar-refractivity contribution in [2.75, 3.05) is 6.61 Å². The molecule has 26 heavy (non-hydrogen) atoms. The Balaban J connectivity index is 1.93. The molecule has 0 radical (unpaired) electrons. The van der Waals surface area contributed by atoms with Gasteiger partial charge in [-0.1, -0.05) is 42.5 Å². The minimum absolute atomic E-state index is 0.216. The molecule has 1 aliphatic rings. The van der Waals surface area contributed by atoms with Crippen molar-refractivity contribution in [3.8, 4) is 11.4 Å². The van der Waals surface area contributed by atoms with Crippen molar-refractivity contribution in [2.45, 2.75) is 6.92 Å². The highest BCUT2D eigenvalue weighted by molar-refractivity contribution is 6.30. The highest BCUT2D eigenvalue weighted by Crippen LogP contribution is 2.33. The summed E-state index contributed by atoms with van der Waals surface area (Å²) < 4.78 is 6.26. The van der Waals surface area contributed by atoms with Crippen molar-refractivity contribution in [2.24, 2.45) is 0 Å². The van der Waals surface area contributed by atoms with Crippen LogP contribution in [0.4, 0.5) is 4.79 Å². The maximum Gasteiger partial charge on any atom is 0.419 e. The van der Waals surface area contributed by atoms with Crippen molar-refractivity contribution in [3.63, 3.8) is 0 Å². The zero-order valence-electron chi connectivity index (χ0n) is 13.9. The van der Waals surface area contributed by atoms with Crippen LogP contribution in [-0.4, -0.2) is 33.8 Å². The topological polar surface area (TPSA) is 78.3 Å². The summed E-state index contributed by atoms with van der Waals surface area (Å²) in [6.45, 7) is 1.92. The van der Waals surface area contributed by atoms with E-state index in [1.165, 1.54) is 17.0 Å². The molecule has 1 aromatic heterocycles. The van der Waals surface area contributed by atoms with E-state index in [0.29, 0.717) is 22.3 Å². The summed E-state index contributed by atoms with van der Waals surface area (Å²) in [7, 11) is 0. The number of nitrogens with zero attached hydrogens (tertiary/aromatic N) is 2. The van der Waals surface area contributed by atoms with Crippen LogP contribution < -0.4 is 0 Å². The summed E-state index contributed by atoms with van der Waals surface area (Å²) >= 11 is 0. The van der Waals surface area contributed by atoms with E-state index in [-0.39, 0.29) is 29.6 Å². The molecular weight excluding hydrogens is 332 g/mol. The van der Waals surface area contributed by atoms with Crippen molar-refractivity contribution in [1.82, 2.24) is 9.55 Å². The summed E-state index contributed by atoms with van der Waals surface area (Å²) in [6, 6.07) is 11.7. The number of rotatable bonds is 2. The Morgan fingerprint density at radius 1 is 0.962 bits per heavy atom. The van der Waals surface area contributed by atoms with Gasteiger partial charge < -0.3 is 4.74 Å². The number of imidazole rings is 1. The molecule has 6 nitrogen and oxygen atoms in total. The van der Waals surface area contributed by atoms with E-state index < -0.39 is 6.09 Å². The lowest BCUT2D eigenvalue weighted by Crippen LogP contribution is -2.22. The fourth-order valence-electron chi connectivity index (χ4n) is 3.17. The normalized spacial score (nSPS) is 12.5. The molecule has 0 unspecified atom stereocenters. The molecule has 6 heteroatoms. The Labute approximate surface area is 149 Å². The fourth-order valence-corrected chi connectivity index (χ4v) is 3.17. The molecule has 0 fully saturated rings. The van der Waals surface area contributed by atoms with Gasteiger partial charge in [0.2, 0.25) is 0 Å². The monoisotopic (exact) mass is 346 g/mol. The molecule has 0 saturated carbocycles. The van der Waals surface area contributed by atoms with Crippen LogP contribution in [0, 0.1) is 0 Å². The Kier molecular flexibility index (Phi) is 3.73. The Morgan fingerprint density at radius 2 is 1.62 bits per heavy atom. The maximum absolute atomic E-state index is 13.1. The first-order valence-electron chi connectivity index (χ1n) is 8.15. The molecule has 2 aromatic carbocycles. The molecule has 1 aliphatic carbocycles. The molecule has 0 N–H and O–H groups in total. The van der Waals surface area contributed by atoms with Gasteiger partial charge in [0.15, 0.2) is 11.6 Å². The van der Waals surface area contributed by atoms with Gasteiger partial charge >= 0.3 is 6.09 Å². The SMILES string of the molecule is CCOC(=O)n1ccnc1-c1cccc2c1C(=O)c1ccccc1C2=O. The molecule has 0 aliphatic heterocycles. The summed E-state index contributed by atoms with van der Waals surface area (Å²) in [5.41, 5.74) is 1.73. The third-order valence-electron chi connectivity index (χ3n) is 4.30. The van der Waals surface area contributed by atoms with E-state index in [9.17, 15) is 14.4 Å². The quantitative estimate of drug-likeness (QED) is 0.556. The number of hydrogen-bond acceptors (Lipinski definition) is 5. The number of aromatic nitrogens is 2. The van der Waals surface area contributed by atoms with Crippen LogP contribution in [0.3, 0.4) is 0 Å². The predicted molar refractivity (Wildman–Crippen MR) is 93.4 cm³/mol. The van der Waals surface area contributed by atoms with Crippen molar-refractivity contribution < 1.29 is 19.1 Å². The van der Waals surface area contributed by atoms with E-state index in [4.69, 9.17) is 4.74 Å². The lowest BCUT2D eigenvalue weighted by atomic mass is 9.81. The van der Waals surface area contributed by atoms with Gasteiger partial charge in [-0.15, -0.1) is 0 Å². The molecule has 0 bridgehead atoms. The number of carbonyl (C=O) groups excluding carboxylic acids is 3. The first kappa shape index (κ1) is 16.0. The standard InChI is InChI=1S/C20H14N2O4/c1-2-26-20(25)22-11-10-21-19(22)15-9-5-8-14-16(15)18(24)13-7-4-3-6-12(13)17(14)23/h3-11H,2H2,1H3. The van der Waals surface area contributed by atoms with Gasteiger partial charge in [0, 0.05) is 40.2 Å². The van der Waals surface area contributed by atoms with Gasteiger partial charge in [0.05, 0.1) is 6.61 Å². The lowest BCUT2D eigenvalue weighted by molar-refractivity contribution is 0.0979. The van der Waals surface area contributed by atoms with E-state index >= 15 is 0 Å². The van der Waals surface area contributed by atoms with Gasteiger partial charge in [-0.05, 0) is 6.92 Å². The molecule has 0 atom stereocenters. The van der Waals surface area contributed by atoms with E-state index in [0.717, 1.165) is 0 Å². The highest BCUT2D eigenvalue weighted by Gasteiger charge is 2.32. The molecule has 128 valence electrons. The zero-order chi connectivity index (χ0) is 18.3. The van der Waals surface area contributed by atoms with E-state index in [2.05, 4.69) is 4.98 Å². The van der Waals surface area contributed by atoms with Gasteiger partial charge in [0.1, 0.15) is 5.82 Å². The first-order chi connectivity index (χ1) is 12.6. The van der Waals surface area contributed by atoms with Gasteiger partial charge in [-0.3, -0.25) is 9.59 Å². The highest BCUT2D eigenvalue weighted by atomic mass is 16.5. The van der Waals surface area contributed by atoms with E-state index in [1.807, 2.05) is 0 Å². The van der Waals surface area contributed by atoms with E-state index in [1.54, 1.807) is 49.4 Å². The third kappa shape index (κ3) is 2.27. The van der Waals surface area contributed by atoms with Crippen LogP contribution in [0.15, 0.2) is 54.9 Å². The second-order valence-corrected chi connectivity index (χ2v) is 5.75. The number of ketones is 2. The molecule has 1 heterocycles. The number of carbonyl (C=O) groups is 3. The predicted octanol–water partition coefficient (Wildman–Crippen LogP) is 3.33. The number of hydrogen-bond donors (Lipinski definition) is 0. The summed E-state index contributed by atoms with van der Waals surface area (Å²) in [6.07, 6.45) is 2.33. The van der Waals surface area contributed by atoms with Crippen LogP contribution in [0.2, 0.25) is 0 Å². The average molecular weight is 346 g/mol. The lowest BCUT2D eigenvalue weighted by Gasteiger charge is -2.20.